The van der Waals surface area contributed by atoms with Gasteiger partial charge in [0.2, 0.25) is 0 Å². The molecule has 0 aromatic rings. The van der Waals surface area contributed by atoms with Crippen LogP contribution in [0.1, 0.15) is 13.8 Å². The Hall–Kier alpha value is -2.12. The Morgan fingerprint density at radius 2 is 1.06 bits per heavy atom. The molecule has 0 radical (unpaired) electrons. The molecular weight excluding hydrogens is 224 g/mol. The van der Waals surface area contributed by atoms with Crippen LogP contribution in [0.3, 0.4) is 0 Å². The molecule has 0 fully saturated rings. The molecule has 0 saturated heterocycles. The predicted molar refractivity (Wildman–Crippen MR) is 48.5 cm³/mol. The van der Waals surface area contributed by atoms with E-state index in [1.54, 1.807) is 13.8 Å². The number of hydrogen-bond acceptors (Lipinski definition) is 6. The van der Waals surface area contributed by atoms with Crippen molar-refractivity contribution in [3.05, 3.63) is 0 Å². The van der Waals surface area contributed by atoms with Gasteiger partial charge in [0.15, 0.2) is 0 Å². The number of carbonyl (C=O) groups excluding carboxylic acids is 2. The van der Waals surface area contributed by atoms with Crippen molar-refractivity contribution in [1.29, 1.82) is 0 Å². The zero-order chi connectivity index (χ0) is 13.1. The molecule has 0 rings (SSSR count). The van der Waals surface area contributed by atoms with Gasteiger partial charge in [-0.15, -0.1) is 0 Å². The van der Waals surface area contributed by atoms with E-state index in [1.165, 1.54) is 0 Å². The van der Waals surface area contributed by atoms with E-state index in [0.717, 1.165) is 0 Å². The lowest BCUT2D eigenvalue weighted by Gasteiger charge is -1.99. The number of ether oxygens (including phenoxy) is 2. The lowest BCUT2D eigenvalue weighted by Crippen LogP contribution is -2.19. The molecule has 0 saturated carbocycles. The molecule has 0 amide bonds. The highest BCUT2D eigenvalue weighted by Gasteiger charge is 2.14. The van der Waals surface area contributed by atoms with E-state index in [0.29, 0.717) is 0 Å². The minimum Gasteiger partial charge on any atom is -0.473 e. The normalized spacial score (nSPS) is 8.12. The van der Waals surface area contributed by atoms with Crippen molar-refractivity contribution < 1.29 is 38.9 Å². The van der Waals surface area contributed by atoms with Gasteiger partial charge in [0.1, 0.15) is 0 Å². The summed E-state index contributed by atoms with van der Waals surface area (Å²) in [6.07, 6.45) is 0. The predicted octanol–water partition coefficient (Wildman–Crippen LogP) is -0.732. The van der Waals surface area contributed by atoms with Crippen molar-refractivity contribution in [2.24, 2.45) is 0 Å². The Bertz CT molecular complexity index is 241. The number of hydrogen-bond donors (Lipinski definition) is 2. The van der Waals surface area contributed by atoms with Crippen LogP contribution in [0.2, 0.25) is 0 Å². The Morgan fingerprint density at radius 3 is 1.19 bits per heavy atom. The molecule has 0 aliphatic rings. The van der Waals surface area contributed by atoms with Gasteiger partial charge in [0, 0.05) is 0 Å². The van der Waals surface area contributed by atoms with Gasteiger partial charge >= 0.3 is 23.9 Å². The van der Waals surface area contributed by atoms with Crippen LogP contribution in [0.5, 0.6) is 0 Å². The third kappa shape index (κ3) is 9.96. The maximum atomic E-state index is 10.4. The summed E-state index contributed by atoms with van der Waals surface area (Å²) < 4.78 is 8.69. The molecule has 0 aliphatic heterocycles. The first-order valence-corrected chi connectivity index (χ1v) is 4.16. The van der Waals surface area contributed by atoms with Crippen LogP contribution in [0.15, 0.2) is 0 Å². The minimum absolute atomic E-state index is 0.192. The summed E-state index contributed by atoms with van der Waals surface area (Å²) in [6, 6.07) is 0. The second-order valence-corrected chi connectivity index (χ2v) is 2.05. The number of rotatable bonds is 2. The molecule has 8 nitrogen and oxygen atoms in total. The van der Waals surface area contributed by atoms with Gasteiger partial charge in [0.25, 0.3) is 0 Å². The van der Waals surface area contributed by atoms with Crippen molar-refractivity contribution in [1.82, 2.24) is 0 Å². The molecule has 92 valence electrons. The number of aliphatic carboxylic acids is 2. The number of carboxylic acids is 2. The van der Waals surface area contributed by atoms with E-state index in [-0.39, 0.29) is 13.2 Å². The fraction of sp³-hybridized carbons (Fsp3) is 0.500. The van der Waals surface area contributed by atoms with Gasteiger partial charge in [0.05, 0.1) is 13.2 Å². The van der Waals surface area contributed by atoms with Crippen molar-refractivity contribution in [2.45, 2.75) is 13.8 Å². The molecular formula is C8H12O8. The van der Waals surface area contributed by atoms with Crippen LogP contribution in [0.4, 0.5) is 0 Å². The lowest BCUT2D eigenvalue weighted by atomic mass is 10.7. The van der Waals surface area contributed by atoms with E-state index in [9.17, 15) is 9.59 Å². The van der Waals surface area contributed by atoms with Gasteiger partial charge < -0.3 is 19.7 Å². The molecule has 0 atom stereocenters. The Kier molecular flexibility index (Phi) is 9.62. The van der Waals surface area contributed by atoms with Crippen LogP contribution >= 0.6 is 0 Å². The monoisotopic (exact) mass is 236 g/mol. The quantitative estimate of drug-likeness (QED) is 0.474. The van der Waals surface area contributed by atoms with Crippen LogP contribution < -0.4 is 0 Å². The third-order valence-electron chi connectivity index (χ3n) is 0.900. The Morgan fingerprint density at radius 1 is 0.812 bits per heavy atom. The molecule has 0 heterocycles. The number of esters is 2. The standard InChI is InChI=1S/C6H10O4.C2H2O4/c1-3-9-5(7)6(8)10-4-2;3-1(4)2(5)6/h3-4H2,1-2H3;(H,3,4)(H,5,6). The van der Waals surface area contributed by atoms with Crippen LogP contribution in [-0.2, 0) is 28.7 Å². The summed E-state index contributed by atoms with van der Waals surface area (Å²) in [5, 5.41) is 14.8. The molecule has 0 aromatic heterocycles. The first-order chi connectivity index (χ1) is 7.36. The summed E-state index contributed by atoms with van der Waals surface area (Å²) in [6.45, 7) is 3.63. The van der Waals surface area contributed by atoms with E-state index in [4.69, 9.17) is 19.8 Å². The SMILES string of the molecule is CCOC(=O)C(=O)OCC.O=C(O)C(=O)O. The van der Waals surface area contributed by atoms with Gasteiger partial charge in [-0.3, -0.25) is 0 Å². The molecule has 8 heteroatoms. The van der Waals surface area contributed by atoms with E-state index >= 15 is 0 Å². The highest BCUT2D eigenvalue weighted by Crippen LogP contribution is 1.82. The smallest absolute Gasteiger partial charge is 0.417 e. The van der Waals surface area contributed by atoms with Crippen molar-refractivity contribution in [3.63, 3.8) is 0 Å². The maximum absolute atomic E-state index is 10.4. The van der Waals surface area contributed by atoms with Crippen molar-refractivity contribution in [3.8, 4) is 0 Å². The molecule has 0 bridgehead atoms. The lowest BCUT2D eigenvalue weighted by molar-refractivity contribution is -0.167. The summed E-state index contributed by atoms with van der Waals surface area (Å²) in [4.78, 5) is 39.1. The zero-order valence-electron chi connectivity index (χ0n) is 8.76. The van der Waals surface area contributed by atoms with Gasteiger partial charge in [-0.2, -0.15) is 0 Å². The second kappa shape index (κ2) is 9.44. The molecule has 0 aliphatic carbocycles. The van der Waals surface area contributed by atoms with E-state index in [1.807, 2.05) is 0 Å². The Balaban J connectivity index is 0. The van der Waals surface area contributed by atoms with Crippen molar-refractivity contribution >= 4 is 23.9 Å². The first-order valence-electron chi connectivity index (χ1n) is 4.16. The average Bonchev–Trinajstić information content (AvgIpc) is 2.19. The van der Waals surface area contributed by atoms with Crippen LogP contribution in [0, 0.1) is 0 Å². The van der Waals surface area contributed by atoms with Crippen LogP contribution in [0.25, 0.3) is 0 Å². The highest BCUT2D eigenvalue weighted by molar-refractivity contribution is 6.29. The van der Waals surface area contributed by atoms with Gasteiger partial charge in [-0.25, -0.2) is 19.2 Å². The second-order valence-electron chi connectivity index (χ2n) is 2.05. The zero-order valence-corrected chi connectivity index (χ0v) is 8.76. The fourth-order valence-electron chi connectivity index (χ4n) is 0.380. The fourth-order valence-corrected chi connectivity index (χ4v) is 0.380. The van der Waals surface area contributed by atoms with Gasteiger partial charge in [-0.1, -0.05) is 0 Å². The molecule has 2 N–H and O–H groups in total. The number of carboxylic acid groups (broad SMARTS) is 2. The minimum atomic E-state index is -1.82. The van der Waals surface area contributed by atoms with Crippen molar-refractivity contribution in [2.75, 3.05) is 13.2 Å². The number of carbonyl (C=O) groups is 4. The topological polar surface area (TPSA) is 127 Å². The highest BCUT2D eigenvalue weighted by atomic mass is 16.6. The molecule has 16 heavy (non-hydrogen) atoms. The molecule has 0 unspecified atom stereocenters. The van der Waals surface area contributed by atoms with Gasteiger partial charge in [-0.05, 0) is 13.8 Å². The van der Waals surface area contributed by atoms with E-state index in [2.05, 4.69) is 9.47 Å². The largest absolute Gasteiger partial charge is 0.473 e. The Labute approximate surface area is 90.8 Å². The summed E-state index contributed by atoms with van der Waals surface area (Å²) in [7, 11) is 0. The average molecular weight is 236 g/mol. The first kappa shape index (κ1) is 16.3. The molecule has 0 aromatic carbocycles. The van der Waals surface area contributed by atoms with E-state index < -0.39 is 23.9 Å². The third-order valence-corrected chi connectivity index (χ3v) is 0.900. The summed E-state index contributed by atoms with van der Waals surface area (Å²) in [5.41, 5.74) is 0. The summed E-state index contributed by atoms with van der Waals surface area (Å²) >= 11 is 0. The van der Waals surface area contributed by atoms with Crippen LogP contribution in [-0.4, -0.2) is 47.3 Å². The maximum Gasteiger partial charge on any atom is 0.417 e. The summed E-state index contributed by atoms with van der Waals surface area (Å²) in [5.74, 6) is -5.50. The molecule has 0 spiro atoms.